The molecule has 1 aliphatic rings. The summed E-state index contributed by atoms with van der Waals surface area (Å²) < 4.78 is 18.2. The average Bonchev–Trinajstić information content (AvgIpc) is 2.96. The van der Waals surface area contributed by atoms with Crippen LogP contribution in [0.25, 0.3) is 0 Å². The van der Waals surface area contributed by atoms with Crippen molar-refractivity contribution in [3.63, 3.8) is 0 Å². The van der Waals surface area contributed by atoms with Crippen LogP contribution in [0, 0.1) is 0 Å². The number of aliphatic hydroxyl groups is 2. The van der Waals surface area contributed by atoms with Gasteiger partial charge in [-0.1, -0.05) is 119 Å². The van der Waals surface area contributed by atoms with Crippen molar-refractivity contribution in [3.05, 3.63) is 84.1 Å². The van der Waals surface area contributed by atoms with Crippen molar-refractivity contribution >= 4 is 5.71 Å². The van der Waals surface area contributed by atoms with Gasteiger partial charge in [0.05, 0.1) is 18.6 Å². The Morgan fingerprint density at radius 3 is 2.03 bits per heavy atom. The Morgan fingerprint density at radius 2 is 1.47 bits per heavy atom. The van der Waals surface area contributed by atoms with Crippen molar-refractivity contribution in [2.45, 2.75) is 95.9 Å². The molecule has 2 aromatic rings. The topological polar surface area (TPSA) is 80.5 Å². The predicted molar refractivity (Wildman–Crippen MR) is 152 cm³/mol. The SMILES string of the molecule is CC=CO[C@H]1O[C@H](CO)C(O)[C@H](OCCCCCCCCCC)[C@H]1N=C(c1ccccc1)c1ccccc1. The number of benzene rings is 2. The molecule has 0 radical (unpaired) electrons. The first-order valence-electron chi connectivity index (χ1n) is 14.2. The van der Waals surface area contributed by atoms with Crippen LogP contribution in [0.4, 0.5) is 0 Å². The molecule has 1 aliphatic heterocycles. The molecule has 3 rings (SSSR count). The molecule has 2 N–H and O–H groups in total. The van der Waals surface area contributed by atoms with Crippen LogP contribution in [-0.2, 0) is 14.2 Å². The monoisotopic (exact) mass is 523 g/mol. The summed E-state index contributed by atoms with van der Waals surface area (Å²) in [4.78, 5) is 5.13. The number of nitrogens with zero attached hydrogens (tertiary/aromatic N) is 1. The van der Waals surface area contributed by atoms with Gasteiger partial charge in [0, 0.05) is 17.7 Å². The van der Waals surface area contributed by atoms with E-state index in [-0.39, 0.29) is 6.61 Å². The van der Waals surface area contributed by atoms with E-state index < -0.39 is 30.6 Å². The summed E-state index contributed by atoms with van der Waals surface area (Å²) >= 11 is 0. The highest BCUT2D eigenvalue weighted by Crippen LogP contribution is 2.29. The normalized spacial score (nSPS) is 23.4. The Hall–Kier alpha value is -2.51. The average molecular weight is 524 g/mol. The van der Waals surface area contributed by atoms with Crippen molar-refractivity contribution < 1.29 is 24.4 Å². The van der Waals surface area contributed by atoms with E-state index in [1.165, 1.54) is 38.5 Å². The first kappa shape index (κ1) is 30.0. The zero-order valence-corrected chi connectivity index (χ0v) is 23.0. The lowest BCUT2D eigenvalue weighted by Crippen LogP contribution is -2.59. The second kappa shape index (κ2) is 17.2. The van der Waals surface area contributed by atoms with E-state index >= 15 is 0 Å². The molecule has 5 atom stereocenters. The van der Waals surface area contributed by atoms with Crippen LogP contribution in [0.15, 0.2) is 78.0 Å². The molecule has 6 heteroatoms. The van der Waals surface area contributed by atoms with Gasteiger partial charge in [-0.25, -0.2) is 0 Å². The van der Waals surface area contributed by atoms with E-state index in [1.807, 2.05) is 67.6 Å². The molecule has 0 amide bonds. The van der Waals surface area contributed by atoms with Crippen LogP contribution in [-0.4, -0.2) is 59.8 Å². The van der Waals surface area contributed by atoms with Gasteiger partial charge in [0.15, 0.2) is 0 Å². The molecule has 1 heterocycles. The standard InChI is InChI=1S/C32H45NO5/c1-3-5-6-7-8-9-10-17-23-36-31-29(32(37-22-4-2)38-27(24-34)30(31)35)33-28(25-18-13-11-14-19-25)26-20-15-12-16-21-26/h4,11-16,18-22,27,29-32,34-35H,3,5-10,17,23-24H2,1-2H3/t27-,29-,30?,31-,32+/m1/s1. The largest absolute Gasteiger partial charge is 0.470 e. The first-order chi connectivity index (χ1) is 18.7. The van der Waals surface area contributed by atoms with E-state index in [0.29, 0.717) is 6.61 Å². The third-order valence-electron chi connectivity index (χ3n) is 6.85. The molecule has 0 bridgehead atoms. The van der Waals surface area contributed by atoms with E-state index in [4.69, 9.17) is 19.2 Å². The Kier molecular flexibility index (Phi) is 13.6. The number of aliphatic imine (C=N–C) groups is 1. The summed E-state index contributed by atoms with van der Waals surface area (Å²) in [6.07, 6.45) is 9.53. The van der Waals surface area contributed by atoms with Crippen LogP contribution < -0.4 is 0 Å². The number of hydrogen-bond donors (Lipinski definition) is 2. The zero-order chi connectivity index (χ0) is 27.0. The fraction of sp³-hybridized carbons (Fsp3) is 0.531. The Bertz CT molecular complexity index is 907. The van der Waals surface area contributed by atoms with Crippen LogP contribution in [0.5, 0.6) is 0 Å². The van der Waals surface area contributed by atoms with Gasteiger partial charge in [-0.05, 0) is 13.3 Å². The maximum absolute atomic E-state index is 11.2. The zero-order valence-electron chi connectivity index (χ0n) is 23.0. The summed E-state index contributed by atoms with van der Waals surface area (Å²) in [6, 6.07) is 19.3. The quantitative estimate of drug-likeness (QED) is 0.159. The Balaban J connectivity index is 1.83. The molecule has 38 heavy (non-hydrogen) atoms. The first-order valence-corrected chi connectivity index (χ1v) is 14.2. The van der Waals surface area contributed by atoms with Gasteiger partial charge in [0.1, 0.15) is 24.4 Å². The number of ether oxygens (including phenoxy) is 3. The minimum absolute atomic E-state index is 0.338. The lowest BCUT2D eigenvalue weighted by Gasteiger charge is -2.42. The Labute approximate surface area is 228 Å². The van der Waals surface area contributed by atoms with Gasteiger partial charge in [-0.3, -0.25) is 4.99 Å². The van der Waals surface area contributed by atoms with Gasteiger partial charge < -0.3 is 24.4 Å². The van der Waals surface area contributed by atoms with Crippen molar-refractivity contribution in [1.82, 2.24) is 0 Å². The second-order valence-electron chi connectivity index (χ2n) is 9.83. The molecule has 208 valence electrons. The molecular weight excluding hydrogens is 478 g/mol. The molecule has 0 aromatic heterocycles. The van der Waals surface area contributed by atoms with Gasteiger partial charge in [0.25, 0.3) is 0 Å². The third kappa shape index (κ3) is 9.05. The van der Waals surface area contributed by atoms with Crippen LogP contribution in [0.3, 0.4) is 0 Å². The molecule has 1 unspecified atom stereocenters. The summed E-state index contributed by atoms with van der Waals surface area (Å²) in [5, 5.41) is 21.1. The lowest BCUT2D eigenvalue weighted by molar-refractivity contribution is -0.258. The molecule has 1 saturated heterocycles. The molecular formula is C32H45NO5. The highest BCUT2D eigenvalue weighted by molar-refractivity contribution is 6.13. The fourth-order valence-corrected chi connectivity index (χ4v) is 4.77. The summed E-state index contributed by atoms with van der Waals surface area (Å²) in [6.45, 7) is 4.25. The molecule has 6 nitrogen and oxygen atoms in total. The van der Waals surface area contributed by atoms with Gasteiger partial charge in [-0.15, -0.1) is 0 Å². The molecule has 2 aromatic carbocycles. The van der Waals surface area contributed by atoms with Crippen molar-refractivity contribution in [2.24, 2.45) is 4.99 Å². The van der Waals surface area contributed by atoms with E-state index in [9.17, 15) is 10.2 Å². The maximum atomic E-state index is 11.2. The van der Waals surface area contributed by atoms with E-state index in [2.05, 4.69) is 6.92 Å². The fourth-order valence-electron chi connectivity index (χ4n) is 4.77. The molecule has 1 fully saturated rings. The summed E-state index contributed by atoms with van der Waals surface area (Å²) in [5.74, 6) is 0. The lowest BCUT2D eigenvalue weighted by atomic mass is 9.95. The number of rotatable bonds is 16. The minimum Gasteiger partial charge on any atom is -0.470 e. The third-order valence-corrected chi connectivity index (χ3v) is 6.85. The highest BCUT2D eigenvalue weighted by Gasteiger charge is 2.47. The number of allylic oxidation sites excluding steroid dienone is 1. The van der Waals surface area contributed by atoms with E-state index in [0.717, 1.165) is 29.7 Å². The number of hydrogen-bond acceptors (Lipinski definition) is 6. The maximum Gasteiger partial charge on any atom is 0.224 e. The Morgan fingerprint density at radius 1 is 0.895 bits per heavy atom. The van der Waals surface area contributed by atoms with E-state index in [1.54, 1.807) is 12.3 Å². The summed E-state index contributed by atoms with van der Waals surface area (Å²) in [7, 11) is 0. The van der Waals surface area contributed by atoms with Gasteiger partial charge >= 0.3 is 0 Å². The van der Waals surface area contributed by atoms with Crippen molar-refractivity contribution in [3.8, 4) is 0 Å². The van der Waals surface area contributed by atoms with Crippen LogP contribution in [0.1, 0.15) is 76.3 Å². The molecule has 0 aliphatic carbocycles. The summed E-state index contributed by atoms with van der Waals surface area (Å²) in [5.41, 5.74) is 2.66. The number of unbranched alkanes of at least 4 members (excludes halogenated alkanes) is 7. The van der Waals surface area contributed by atoms with Crippen LogP contribution >= 0.6 is 0 Å². The van der Waals surface area contributed by atoms with Gasteiger partial charge in [-0.2, -0.15) is 0 Å². The molecule has 0 saturated carbocycles. The number of aliphatic hydroxyl groups excluding tert-OH is 2. The highest BCUT2D eigenvalue weighted by atomic mass is 16.7. The van der Waals surface area contributed by atoms with Crippen LogP contribution in [0.2, 0.25) is 0 Å². The smallest absolute Gasteiger partial charge is 0.224 e. The van der Waals surface area contributed by atoms with Crippen molar-refractivity contribution in [1.29, 1.82) is 0 Å². The van der Waals surface area contributed by atoms with Crippen molar-refractivity contribution in [2.75, 3.05) is 13.2 Å². The minimum atomic E-state index is -1.04. The predicted octanol–water partition coefficient (Wildman–Crippen LogP) is 6.05. The second-order valence-corrected chi connectivity index (χ2v) is 9.83. The van der Waals surface area contributed by atoms with Gasteiger partial charge in [0.2, 0.25) is 6.29 Å². The molecule has 0 spiro atoms.